The summed E-state index contributed by atoms with van der Waals surface area (Å²) >= 11 is 0. The Labute approximate surface area is 257 Å². The molecule has 0 amide bonds. The zero-order valence-electron chi connectivity index (χ0n) is 24.3. The third-order valence-corrected chi connectivity index (χ3v) is 9.95. The minimum absolute atomic E-state index is 1.17. The molecule has 3 nitrogen and oxygen atoms in total. The van der Waals surface area contributed by atoms with Gasteiger partial charge in [0.05, 0.1) is 38.6 Å². The molecule has 0 bridgehead atoms. The molecule has 45 heavy (non-hydrogen) atoms. The standard InChI is InChI=1S/C42H25N3/c1-2-11-26(12-3-1)43-34-18-6-5-14-29(34)33-25-27(23-24-36(33)43)44-37-20-9-15-30-32-17-8-16-31-28-13-4-7-19-35(28)45(42(31)32)39-22-10-21-38(44)41(39)40(30)37/h1-25H. The summed E-state index contributed by atoms with van der Waals surface area (Å²) in [6.07, 6.45) is 0. The van der Waals surface area contributed by atoms with E-state index in [2.05, 4.69) is 165 Å². The van der Waals surface area contributed by atoms with Gasteiger partial charge >= 0.3 is 0 Å². The summed E-state index contributed by atoms with van der Waals surface area (Å²) in [5.41, 5.74) is 11.0. The molecule has 4 heterocycles. The van der Waals surface area contributed by atoms with Crippen molar-refractivity contribution in [2.75, 3.05) is 0 Å². The molecule has 0 radical (unpaired) electrons. The number of nitrogens with zero attached hydrogens (tertiary/aromatic N) is 3. The Morgan fingerprint density at radius 3 is 1.67 bits per heavy atom. The Kier molecular flexibility index (Phi) is 4.32. The van der Waals surface area contributed by atoms with Crippen molar-refractivity contribution in [2.24, 2.45) is 0 Å². The molecule has 0 spiro atoms. The van der Waals surface area contributed by atoms with E-state index < -0.39 is 0 Å². The quantitative estimate of drug-likeness (QED) is 0.196. The second-order valence-corrected chi connectivity index (χ2v) is 12.2. The lowest BCUT2D eigenvalue weighted by molar-refractivity contribution is 1.17. The van der Waals surface area contributed by atoms with Crippen molar-refractivity contribution in [1.82, 2.24) is 13.5 Å². The fourth-order valence-electron chi connectivity index (χ4n) is 8.22. The van der Waals surface area contributed by atoms with Crippen LogP contribution >= 0.6 is 0 Å². The van der Waals surface area contributed by atoms with Crippen LogP contribution in [0, 0.1) is 0 Å². The smallest absolute Gasteiger partial charge is 0.0619 e. The normalized spacial score (nSPS) is 12.4. The van der Waals surface area contributed by atoms with Crippen molar-refractivity contribution < 1.29 is 0 Å². The Morgan fingerprint density at radius 1 is 0.289 bits per heavy atom. The van der Waals surface area contributed by atoms with Crippen LogP contribution in [0.5, 0.6) is 0 Å². The molecule has 3 heteroatoms. The van der Waals surface area contributed by atoms with Gasteiger partial charge in [-0.15, -0.1) is 0 Å². The predicted octanol–water partition coefficient (Wildman–Crippen LogP) is 11.0. The van der Waals surface area contributed by atoms with Crippen LogP contribution in [-0.4, -0.2) is 13.5 Å². The maximum Gasteiger partial charge on any atom is 0.0619 e. The minimum atomic E-state index is 1.17. The topological polar surface area (TPSA) is 14.3 Å². The first-order chi connectivity index (χ1) is 22.4. The van der Waals surface area contributed by atoms with Crippen LogP contribution in [-0.2, 0) is 0 Å². The van der Waals surface area contributed by atoms with Gasteiger partial charge in [0.15, 0.2) is 0 Å². The molecule has 0 saturated heterocycles. The van der Waals surface area contributed by atoms with Crippen LogP contribution in [0.4, 0.5) is 0 Å². The third kappa shape index (κ3) is 2.86. The number of para-hydroxylation sites is 4. The van der Waals surface area contributed by atoms with Gasteiger partial charge in [-0.2, -0.15) is 0 Å². The van der Waals surface area contributed by atoms with Gasteiger partial charge in [-0.05, 0) is 66.0 Å². The van der Waals surface area contributed by atoms with E-state index in [4.69, 9.17) is 0 Å². The first-order valence-corrected chi connectivity index (χ1v) is 15.5. The molecule has 0 aliphatic heterocycles. The number of rotatable bonds is 2. The Bertz CT molecular complexity index is 2970. The molecule has 208 valence electrons. The maximum atomic E-state index is 2.50. The molecule has 0 saturated carbocycles. The fourth-order valence-corrected chi connectivity index (χ4v) is 8.22. The molecule has 4 aromatic heterocycles. The van der Waals surface area contributed by atoms with E-state index in [0.29, 0.717) is 0 Å². The van der Waals surface area contributed by atoms with Crippen molar-refractivity contribution in [3.63, 3.8) is 0 Å². The molecule has 11 aromatic rings. The first kappa shape index (κ1) is 23.4. The van der Waals surface area contributed by atoms with Crippen LogP contribution in [0.2, 0.25) is 0 Å². The monoisotopic (exact) mass is 571 g/mol. The highest BCUT2D eigenvalue weighted by Gasteiger charge is 2.22. The summed E-state index contributed by atoms with van der Waals surface area (Å²) in [5.74, 6) is 0. The molecule has 7 aromatic carbocycles. The van der Waals surface area contributed by atoms with E-state index in [-0.39, 0.29) is 0 Å². The number of hydrogen-bond donors (Lipinski definition) is 0. The summed E-state index contributed by atoms with van der Waals surface area (Å²) in [4.78, 5) is 0. The summed E-state index contributed by atoms with van der Waals surface area (Å²) in [6.45, 7) is 0. The predicted molar refractivity (Wildman–Crippen MR) is 190 cm³/mol. The highest BCUT2D eigenvalue weighted by atomic mass is 15.0. The molecule has 0 atom stereocenters. The zero-order chi connectivity index (χ0) is 29.2. The average molecular weight is 572 g/mol. The van der Waals surface area contributed by atoms with Crippen molar-refractivity contribution in [2.45, 2.75) is 0 Å². The van der Waals surface area contributed by atoms with Crippen LogP contribution in [0.15, 0.2) is 152 Å². The van der Waals surface area contributed by atoms with E-state index in [9.17, 15) is 0 Å². The van der Waals surface area contributed by atoms with Gasteiger partial charge in [0.2, 0.25) is 0 Å². The lowest BCUT2D eigenvalue weighted by atomic mass is 10.0. The minimum Gasteiger partial charge on any atom is -0.309 e. The summed E-state index contributed by atoms with van der Waals surface area (Å²) < 4.78 is 7.36. The van der Waals surface area contributed by atoms with Crippen LogP contribution < -0.4 is 0 Å². The molecule has 11 rings (SSSR count). The molecule has 0 unspecified atom stereocenters. The van der Waals surface area contributed by atoms with E-state index >= 15 is 0 Å². The third-order valence-electron chi connectivity index (χ3n) is 9.95. The molecule has 0 N–H and O–H groups in total. The van der Waals surface area contributed by atoms with Gasteiger partial charge in [0, 0.05) is 49.1 Å². The second-order valence-electron chi connectivity index (χ2n) is 12.2. The number of benzene rings is 7. The second kappa shape index (κ2) is 8.31. The number of fused-ring (bicyclic) bond motifs is 8. The zero-order valence-corrected chi connectivity index (χ0v) is 24.3. The number of aromatic nitrogens is 3. The summed E-state index contributed by atoms with van der Waals surface area (Å²) in [7, 11) is 0. The van der Waals surface area contributed by atoms with E-state index in [0.717, 1.165) is 0 Å². The van der Waals surface area contributed by atoms with Crippen molar-refractivity contribution in [3.05, 3.63) is 152 Å². The number of hydrogen-bond acceptors (Lipinski definition) is 0. The SMILES string of the molecule is c1ccc(-n2c3ccccc3c3cc(-n4c5cccc6c7cccc8c9ccccc9n(c9cccc4c9c65)c78)ccc32)cc1. The van der Waals surface area contributed by atoms with E-state index in [1.165, 1.54) is 93.1 Å². The van der Waals surface area contributed by atoms with Crippen molar-refractivity contribution in [1.29, 1.82) is 0 Å². The first-order valence-electron chi connectivity index (χ1n) is 15.5. The molecule has 0 fully saturated rings. The summed E-state index contributed by atoms with van der Waals surface area (Å²) in [6, 6.07) is 55.7. The molecular formula is C42H25N3. The Hall–Kier alpha value is -6.06. The largest absolute Gasteiger partial charge is 0.309 e. The Balaban J connectivity index is 1.32. The van der Waals surface area contributed by atoms with Gasteiger partial charge in [-0.1, -0.05) is 91.0 Å². The lowest BCUT2D eigenvalue weighted by Gasteiger charge is -2.11. The molecular weight excluding hydrogens is 546 g/mol. The van der Waals surface area contributed by atoms with Gasteiger partial charge < -0.3 is 13.5 Å². The van der Waals surface area contributed by atoms with Crippen LogP contribution in [0.3, 0.4) is 0 Å². The van der Waals surface area contributed by atoms with E-state index in [1.54, 1.807) is 0 Å². The Morgan fingerprint density at radius 2 is 0.822 bits per heavy atom. The van der Waals surface area contributed by atoms with Gasteiger partial charge in [0.25, 0.3) is 0 Å². The van der Waals surface area contributed by atoms with Crippen molar-refractivity contribution >= 4 is 81.7 Å². The van der Waals surface area contributed by atoms with Crippen LogP contribution in [0.25, 0.3) is 93.1 Å². The maximum absolute atomic E-state index is 2.50. The van der Waals surface area contributed by atoms with Crippen LogP contribution in [0.1, 0.15) is 0 Å². The van der Waals surface area contributed by atoms with Crippen molar-refractivity contribution in [3.8, 4) is 11.4 Å². The fraction of sp³-hybridized carbons (Fsp3) is 0. The van der Waals surface area contributed by atoms with E-state index in [1.807, 2.05) is 0 Å². The molecule has 0 aliphatic rings. The molecule has 0 aliphatic carbocycles. The highest BCUT2D eigenvalue weighted by molar-refractivity contribution is 6.31. The van der Waals surface area contributed by atoms with Gasteiger partial charge in [0.1, 0.15) is 0 Å². The van der Waals surface area contributed by atoms with Gasteiger partial charge in [-0.3, -0.25) is 0 Å². The summed E-state index contributed by atoms with van der Waals surface area (Å²) in [5, 5.41) is 10.3. The lowest BCUT2D eigenvalue weighted by Crippen LogP contribution is -1.96. The van der Waals surface area contributed by atoms with Gasteiger partial charge in [-0.25, -0.2) is 0 Å². The average Bonchev–Trinajstić information content (AvgIpc) is 3.71. The highest BCUT2D eigenvalue weighted by Crippen LogP contribution is 2.44.